The van der Waals surface area contributed by atoms with Crippen LogP contribution in [0.25, 0.3) is 10.7 Å². The Hall–Kier alpha value is -1.82. The van der Waals surface area contributed by atoms with Gasteiger partial charge in [-0.1, -0.05) is 23.7 Å². The van der Waals surface area contributed by atoms with Gasteiger partial charge in [0.25, 0.3) is 0 Å². The van der Waals surface area contributed by atoms with E-state index in [-0.39, 0.29) is 5.82 Å². The SMILES string of the molecule is Cc1ccc(F)c(CN2CCc3nc(-c4cccs4)ncc3C2)c1Cl. The second kappa shape index (κ2) is 6.83. The first-order valence-corrected chi connectivity index (χ1v) is 9.42. The Labute approximate surface area is 155 Å². The van der Waals surface area contributed by atoms with Gasteiger partial charge in [0.2, 0.25) is 0 Å². The average molecular weight is 374 g/mol. The Kier molecular flexibility index (Phi) is 4.54. The highest BCUT2D eigenvalue weighted by atomic mass is 35.5. The van der Waals surface area contributed by atoms with Crippen LogP contribution in [0.3, 0.4) is 0 Å². The van der Waals surface area contributed by atoms with E-state index in [2.05, 4.69) is 9.88 Å². The molecule has 6 heteroatoms. The Bertz CT molecular complexity index is 911. The van der Waals surface area contributed by atoms with Crippen molar-refractivity contribution in [3.63, 3.8) is 0 Å². The quantitative estimate of drug-likeness (QED) is 0.656. The van der Waals surface area contributed by atoms with Gasteiger partial charge in [0.15, 0.2) is 5.82 Å². The summed E-state index contributed by atoms with van der Waals surface area (Å²) >= 11 is 7.95. The van der Waals surface area contributed by atoms with Crippen molar-refractivity contribution in [2.75, 3.05) is 6.54 Å². The van der Waals surface area contributed by atoms with Gasteiger partial charge in [0.05, 0.1) is 15.6 Å². The van der Waals surface area contributed by atoms with Gasteiger partial charge < -0.3 is 0 Å². The first-order valence-electron chi connectivity index (χ1n) is 8.16. The van der Waals surface area contributed by atoms with Crippen molar-refractivity contribution >= 4 is 22.9 Å². The lowest BCUT2D eigenvalue weighted by Gasteiger charge is -2.28. The predicted octanol–water partition coefficient (Wildman–Crippen LogP) is 4.86. The fourth-order valence-electron chi connectivity index (χ4n) is 3.12. The molecule has 0 bridgehead atoms. The van der Waals surface area contributed by atoms with Crippen LogP contribution in [0.5, 0.6) is 0 Å². The number of hydrogen-bond acceptors (Lipinski definition) is 4. The molecule has 3 nitrogen and oxygen atoms in total. The van der Waals surface area contributed by atoms with E-state index in [0.717, 1.165) is 40.5 Å². The maximum absolute atomic E-state index is 14.2. The Morgan fingerprint density at radius 3 is 3.00 bits per heavy atom. The molecule has 0 N–H and O–H groups in total. The minimum atomic E-state index is -0.245. The molecule has 0 fully saturated rings. The van der Waals surface area contributed by atoms with Crippen LogP contribution >= 0.6 is 22.9 Å². The summed E-state index contributed by atoms with van der Waals surface area (Å²) in [5.41, 5.74) is 3.67. The molecule has 0 unspecified atom stereocenters. The summed E-state index contributed by atoms with van der Waals surface area (Å²) in [6, 6.07) is 7.24. The standard InChI is InChI=1S/C19H17ClFN3S/c1-12-4-5-15(21)14(18(12)20)11-24-7-6-16-13(10-24)9-22-19(23-16)17-3-2-8-25-17/h2-5,8-9H,6-7,10-11H2,1H3. The van der Waals surface area contributed by atoms with Crippen LogP contribution in [0.4, 0.5) is 4.39 Å². The zero-order valence-corrected chi connectivity index (χ0v) is 15.4. The lowest BCUT2D eigenvalue weighted by atomic mass is 10.0. The van der Waals surface area contributed by atoms with E-state index in [4.69, 9.17) is 16.6 Å². The summed E-state index contributed by atoms with van der Waals surface area (Å²) < 4.78 is 14.2. The highest BCUT2D eigenvalue weighted by Crippen LogP contribution is 2.28. The van der Waals surface area contributed by atoms with Crippen LogP contribution in [0.1, 0.15) is 22.4 Å². The maximum Gasteiger partial charge on any atom is 0.169 e. The fourth-order valence-corrected chi connectivity index (χ4v) is 4.00. The molecule has 0 atom stereocenters. The molecule has 0 aliphatic carbocycles. The highest BCUT2D eigenvalue weighted by Gasteiger charge is 2.21. The lowest BCUT2D eigenvalue weighted by Crippen LogP contribution is -2.31. The van der Waals surface area contributed by atoms with Gasteiger partial charge in [-0.3, -0.25) is 4.90 Å². The number of hydrogen-bond donors (Lipinski definition) is 0. The topological polar surface area (TPSA) is 29.0 Å². The minimum Gasteiger partial charge on any atom is -0.294 e. The summed E-state index contributed by atoms with van der Waals surface area (Å²) in [5, 5.41) is 2.55. The Morgan fingerprint density at radius 2 is 2.20 bits per heavy atom. The van der Waals surface area contributed by atoms with E-state index in [9.17, 15) is 4.39 Å². The summed E-state index contributed by atoms with van der Waals surface area (Å²) in [6.45, 7) is 3.94. The third-order valence-electron chi connectivity index (χ3n) is 4.52. The van der Waals surface area contributed by atoms with E-state index in [1.807, 2.05) is 30.6 Å². The molecule has 0 amide bonds. The van der Waals surface area contributed by atoms with Crippen molar-refractivity contribution in [1.82, 2.24) is 14.9 Å². The largest absolute Gasteiger partial charge is 0.294 e. The van der Waals surface area contributed by atoms with Crippen LogP contribution in [0.2, 0.25) is 5.02 Å². The van der Waals surface area contributed by atoms with Crippen LogP contribution in [0, 0.1) is 12.7 Å². The van der Waals surface area contributed by atoms with Gasteiger partial charge in [0.1, 0.15) is 5.82 Å². The molecular weight excluding hydrogens is 357 g/mol. The Morgan fingerprint density at radius 1 is 1.32 bits per heavy atom. The van der Waals surface area contributed by atoms with Crippen molar-refractivity contribution in [2.45, 2.75) is 26.4 Å². The fraction of sp³-hybridized carbons (Fsp3) is 0.263. The number of halogens is 2. The Balaban J connectivity index is 1.55. The van der Waals surface area contributed by atoms with E-state index < -0.39 is 0 Å². The maximum atomic E-state index is 14.2. The molecule has 0 radical (unpaired) electrons. The third kappa shape index (κ3) is 3.32. The molecule has 1 aliphatic heterocycles. The van der Waals surface area contributed by atoms with Crippen LogP contribution < -0.4 is 0 Å². The monoisotopic (exact) mass is 373 g/mol. The van der Waals surface area contributed by atoms with Crippen molar-refractivity contribution < 1.29 is 4.39 Å². The number of fused-ring (bicyclic) bond motifs is 1. The summed E-state index contributed by atoms with van der Waals surface area (Å²) in [6.07, 6.45) is 2.74. The second-order valence-electron chi connectivity index (χ2n) is 6.26. The zero-order chi connectivity index (χ0) is 17.4. The number of aryl methyl sites for hydroxylation is 1. The molecule has 0 saturated carbocycles. The molecule has 0 spiro atoms. The second-order valence-corrected chi connectivity index (χ2v) is 7.59. The number of aromatic nitrogens is 2. The van der Waals surface area contributed by atoms with Gasteiger partial charge in [-0.05, 0) is 30.0 Å². The molecule has 3 aromatic rings. The van der Waals surface area contributed by atoms with Crippen molar-refractivity contribution in [3.8, 4) is 10.7 Å². The molecule has 1 aromatic carbocycles. The number of thiophene rings is 1. The van der Waals surface area contributed by atoms with E-state index in [0.29, 0.717) is 23.7 Å². The van der Waals surface area contributed by atoms with Crippen LogP contribution in [0.15, 0.2) is 35.8 Å². The number of benzene rings is 1. The van der Waals surface area contributed by atoms with E-state index >= 15 is 0 Å². The van der Waals surface area contributed by atoms with E-state index in [1.165, 1.54) is 6.07 Å². The highest BCUT2D eigenvalue weighted by molar-refractivity contribution is 7.13. The smallest absolute Gasteiger partial charge is 0.169 e. The average Bonchev–Trinajstić information content (AvgIpc) is 3.16. The van der Waals surface area contributed by atoms with E-state index in [1.54, 1.807) is 17.4 Å². The summed E-state index contributed by atoms with van der Waals surface area (Å²) in [5.74, 6) is 0.542. The molecule has 25 heavy (non-hydrogen) atoms. The molecule has 2 aromatic heterocycles. The van der Waals surface area contributed by atoms with Crippen LogP contribution in [-0.4, -0.2) is 21.4 Å². The molecule has 1 aliphatic rings. The molecule has 0 saturated heterocycles. The zero-order valence-electron chi connectivity index (χ0n) is 13.8. The first kappa shape index (κ1) is 16.6. The van der Waals surface area contributed by atoms with Crippen molar-refractivity contribution in [3.05, 3.63) is 69.1 Å². The summed E-state index contributed by atoms with van der Waals surface area (Å²) in [7, 11) is 0. The van der Waals surface area contributed by atoms with Crippen molar-refractivity contribution in [1.29, 1.82) is 0 Å². The van der Waals surface area contributed by atoms with Crippen LogP contribution in [-0.2, 0) is 19.5 Å². The van der Waals surface area contributed by atoms with Gasteiger partial charge in [0, 0.05) is 43.4 Å². The molecule has 4 rings (SSSR count). The number of rotatable bonds is 3. The summed E-state index contributed by atoms with van der Waals surface area (Å²) in [4.78, 5) is 12.5. The molecular formula is C19H17ClFN3S. The van der Waals surface area contributed by atoms with Gasteiger partial charge in [-0.2, -0.15) is 0 Å². The van der Waals surface area contributed by atoms with Gasteiger partial charge in [-0.25, -0.2) is 14.4 Å². The normalized spacial score (nSPS) is 14.5. The van der Waals surface area contributed by atoms with Gasteiger partial charge >= 0.3 is 0 Å². The molecule has 128 valence electrons. The molecule has 3 heterocycles. The first-order chi connectivity index (χ1) is 12.1. The van der Waals surface area contributed by atoms with Gasteiger partial charge in [-0.15, -0.1) is 11.3 Å². The predicted molar refractivity (Wildman–Crippen MR) is 99.3 cm³/mol. The van der Waals surface area contributed by atoms with Crippen molar-refractivity contribution in [2.24, 2.45) is 0 Å². The number of nitrogens with zero attached hydrogens (tertiary/aromatic N) is 3. The third-order valence-corrected chi connectivity index (χ3v) is 5.91. The lowest BCUT2D eigenvalue weighted by molar-refractivity contribution is 0.239. The minimum absolute atomic E-state index is 0.245.